The Bertz CT molecular complexity index is 603. The summed E-state index contributed by atoms with van der Waals surface area (Å²) in [4.78, 5) is 4.59. The Morgan fingerprint density at radius 2 is 2.11 bits per heavy atom. The van der Waals surface area contributed by atoms with Crippen LogP contribution in [0.25, 0.3) is 11.0 Å². The van der Waals surface area contributed by atoms with Crippen molar-refractivity contribution in [2.75, 3.05) is 0 Å². The SMILES string of the molecule is CC=CCC/C(C)=C/Cn1c(C)nc2ccccc21. The minimum atomic E-state index is 0.911. The average Bonchev–Trinajstić information content (AvgIpc) is 2.72. The number of hydrogen-bond acceptors (Lipinski definition) is 1. The fourth-order valence-electron chi connectivity index (χ4n) is 2.25. The summed E-state index contributed by atoms with van der Waals surface area (Å²) in [6.07, 6.45) is 8.90. The van der Waals surface area contributed by atoms with Crippen LogP contribution in [0.15, 0.2) is 48.1 Å². The van der Waals surface area contributed by atoms with Crippen molar-refractivity contribution in [1.82, 2.24) is 9.55 Å². The quantitative estimate of drug-likeness (QED) is 0.710. The van der Waals surface area contributed by atoms with Crippen LogP contribution in [0.5, 0.6) is 0 Å². The highest BCUT2D eigenvalue weighted by Gasteiger charge is 2.04. The molecule has 2 nitrogen and oxygen atoms in total. The number of nitrogens with zero attached hydrogens (tertiary/aromatic N) is 2. The normalized spacial score (nSPS) is 12.7. The van der Waals surface area contributed by atoms with E-state index in [0.717, 1.165) is 30.7 Å². The van der Waals surface area contributed by atoms with Crippen molar-refractivity contribution in [3.63, 3.8) is 0 Å². The smallest absolute Gasteiger partial charge is 0.107 e. The number of allylic oxidation sites excluding steroid dienone is 4. The van der Waals surface area contributed by atoms with Crippen LogP contribution in [0.2, 0.25) is 0 Å². The van der Waals surface area contributed by atoms with Gasteiger partial charge < -0.3 is 4.57 Å². The molecular weight excluding hydrogens is 232 g/mol. The van der Waals surface area contributed by atoms with Crippen LogP contribution in [0, 0.1) is 6.92 Å². The van der Waals surface area contributed by atoms with Crippen LogP contribution in [-0.4, -0.2) is 9.55 Å². The number of aryl methyl sites for hydroxylation is 1. The highest BCUT2D eigenvalue weighted by Crippen LogP contribution is 2.16. The molecule has 2 rings (SSSR count). The summed E-state index contributed by atoms with van der Waals surface area (Å²) in [6.45, 7) is 7.26. The molecule has 1 aromatic heterocycles. The monoisotopic (exact) mass is 254 g/mol. The van der Waals surface area contributed by atoms with Gasteiger partial charge in [-0.05, 0) is 45.7 Å². The van der Waals surface area contributed by atoms with Gasteiger partial charge in [0, 0.05) is 6.54 Å². The van der Waals surface area contributed by atoms with E-state index in [2.05, 4.69) is 66.7 Å². The molecule has 1 aromatic carbocycles. The largest absolute Gasteiger partial charge is 0.324 e. The topological polar surface area (TPSA) is 17.8 Å². The number of imidazole rings is 1. The molecule has 0 fully saturated rings. The molecule has 0 unspecified atom stereocenters. The predicted octanol–water partition coefficient (Wildman–Crippen LogP) is 4.65. The van der Waals surface area contributed by atoms with E-state index in [1.54, 1.807) is 0 Å². The standard InChI is InChI=1S/C17H22N2/c1-4-5-6-9-14(2)12-13-19-15(3)18-16-10-7-8-11-17(16)19/h4-5,7-8,10-12H,6,9,13H2,1-3H3/b5-4?,14-12+. The second-order valence-corrected chi connectivity index (χ2v) is 4.92. The summed E-state index contributed by atoms with van der Waals surface area (Å²) >= 11 is 0. The molecule has 0 radical (unpaired) electrons. The molecule has 0 aliphatic heterocycles. The van der Waals surface area contributed by atoms with E-state index < -0.39 is 0 Å². The van der Waals surface area contributed by atoms with Gasteiger partial charge in [0.05, 0.1) is 11.0 Å². The molecule has 2 heteroatoms. The number of hydrogen-bond donors (Lipinski definition) is 0. The lowest BCUT2D eigenvalue weighted by Crippen LogP contribution is -1.98. The third-order valence-corrected chi connectivity index (χ3v) is 3.41. The molecule has 0 amide bonds. The maximum atomic E-state index is 4.59. The highest BCUT2D eigenvalue weighted by molar-refractivity contribution is 5.75. The molecule has 19 heavy (non-hydrogen) atoms. The first-order valence-corrected chi connectivity index (χ1v) is 6.91. The minimum absolute atomic E-state index is 0.911. The fourth-order valence-corrected chi connectivity index (χ4v) is 2.25. The Morgan fingerprint density at radius 1 is 1.32 bits per heavy atom. The van der Waals surface area contributed by atoms with E-state index in [-0.39, 0.29) is 0 Å². The van der Waals surface area contributed by atoms with Crippen LogP contribution in [0.1, 0.15) is 32.5 Å². The van der Waals surface area contributed by atoms with Crippen molar-refractivity contribution < 1.29 is 0 Å². The third-order valence-electron chi connectivity index (χ3n) is 3.41. The van der Waals surface area contributed by atoms with Crippen LogP contribution >= 0.6 is 0 Å². The summed E-state index contributed by atoms with van der Waals surface area (Å²) in [5, 5.41) is 0. The first-order chi connectivity index (χ1) is 9.22. The van der Waals surface area contributed by atoms with Gasteiger partial charge >= 0.3 is 0 Å². The van der Waals surface area contributed by atoms with E-state index in [4.69, 9.17) is 0 Å². The predicted molar refractivity (Wildman–Crippen MR) is 82.3 cm³/mol. The van der Waals surface area contributed by atoms with Crippen LogP contribution in [0.4, 0.5) is 0 Å². The zero-order valence-corrected chi connectivity index (χ0v) is 12.1. The average molecular weight is 254 g/mol. The molecule has 100 valence electrons. The first kappa shape index (κ1) is 13.6. The molecule has 0 N–H and O–H groups in total. The molecule has 0 spiro atoms. The number of para-hydroxylation sites is 2. The van der Waals surface area contributed by atoms with Crippen LogP contribution < -0.4 is 0 Å². The van der Waals surface area contributed by atoms with Crippen molar-refractivity contribution in [2.45, 2.75) is 40.2 Å². The number of benzene rings is 1. The first-order valence-electron chi connectivity index (χ1n) is 6.91. The van der Waals surface area contributed by atoms with Crippen molar-refractivity contribution in [3.05, 3.63) is 53.9 Å². The van der Waals surface area contributed by atoms with E-state index in [1.807, 2.05) is 6.07 Å². The number of aromatic nitrogens is 2. The summed E-state index contributed by atoms with van der Waals surface area (Å²) in [5.74, 6) is 1.08. The van der Waals surface area contributed by atoms with Gasteiger partial charge in [0.2, 0.25) is 0 Å². The van der Waals surface area contributed by atoms with Gasteiger partial charge in [-0.25, -0.2) is 4.98 Å². The molecule has 0 saturated carbocycles. The van der Waals surface area contributed by atoms with Crippen molar-refractivity contribution in [3.8, 4) is 0 Å². The molecule has 2 aromatic rings. The van der Waals surface area contributed by atoms with Crippen molar-refractivity contribution in [1.29, 1.82) is 0 Å². The summed E-state index contributed by atoms with van der Waals surface area (Å²) in [6, 6.07) is 8.32. The Balaban J connectivity index is 2.13. The van der Waals surface area contributed by atoms with Gasteiger partial charge in [0.1, 0.15) is 5.82 Å². The molecule has 0 aliphatic rings. The van der Waals surface area contributed by atoms with E-state index in [1.165, 1.54) is 11.1 Å². The third kappa shape index (κ3) is 3.34. The van der Waals surface area contributed by atoms with Crippen molar-refractivity contribution in [2.24, 2.45) is 0 Å². The van der Waals surface area contributed by atoms with Gasteiger partial charge in [-0.2, -0.15) is 0 Å². The highest BCUT2D eigenvalue weighted by atomic mass is 15.1. The van der Waals surface area contributed by atoms with Gasteiger partial charge in [0.15, 0.2) is 0 Å². The lowest BCUT2D eigenvalue weighted by atomic mass is 10.1. The second-order valence-electron chi connectivity index (χ2n) is 4.92. The van der Waals surface area contributed by atoms with E-state index in [0.29, 0.717) is 0 Å². The van der Waals surface area contributed by atoms with Crippen LogP contribution in [0.3, 0.4) is 0 Å². The molecule has 1 heterocycles. The number of rotatable bonds is 5. The molecule has 0 atom stereocenters. The Labute approximate surface area is 115 Å². The Hall–Kier alpha value is -1.83. The van der Waals surface area contributed by atoms with Gasteiger partial charge in [0.25, 0.3) is 0 Å². The minimum Gasteiger partial charge on any atom is -0.324 e. The zero-order valence-electron chi connectivity index (χ0n) is 12.1. The maximum absolute atomic E-state index is 4.59. The molecule has 0 aliphatic carbocycles. The Kier molecular flexibility index (Phi) is 4.56. The van der Waals surface area contributed by atoms with E-state index in [9.17, 15) is 0 Å². The van der Waals surface area contributed by atoms with Crippen LogP contribution in [-0.2, 0) is 6.54 Å². The van der Waals surface area contributed by atoms with Gasteiger partial charge in [-0.1, -0.05) is 35.9 Å². The van der Waals surface area contributed by atoms with Crippen molar-refractivity contribution >= 4 is 11.0 Å². The molecular formula is C17H22N2. The zero-order chi connectivity index (χ0) is 13.7. The fraction of sp³-hybridized carbons (Fsp3) is 0.353. The maximum Gasteiger partial charge on any atom is 0.107 e. The summed E-state index contributed by atoms with van der Waals surface area (Å²) in [5.41, 5.74) is 3.74. The lowest BCUT2D eigenvalue weighted by molar-refractivity contribution is 0.794. The summed E-state index contributed by atoms with van der Waals surface area (Å²) in [7, 11) is 0. The number of fused-ring (bicyclic) bond motifs is 1. The summed E-state index contributed by atoms with van der Waals surface area (Å²) < 4.78 is 2.27. The van der Waals surface area contributed by atoms with E-state index >= 15 is 0 Å². The van der Waals surface area contributed by atoms with Gasteiger partial charge in [-0.15, -0.1) is 0 Å². The Morgan fingerprint density at radius 3 is 2.89 bits per heavy atom. The second kappa shape index (κ2) is 6.37. The molecule has 0 saturated heterocycles. The lowest BCUT2D eigenvalue weighted by Gasteiger charge is -2.04. The molecule has 0 bridgehead atoms. The van der Waals surface area contributed by atoms with Gasteiger partial charge in [-0.3, -0.25) is 0 Å².